The van der Waals surface area contributed by atoms with Crippen molar-refractivity contribution in [2.45, 2.75) is 33.3 Å². The van der Waals surface area contributed by atoms with Crippen molar-refractivity contribution >= 4 is 11.9 Å². The lowest BCUT2D eigenvalue weighted by atomic mass is 10.1. The largest absolute Gasteiger partial charge is 0.442 e. The fourth-order valence-electron chi connectivity index (χ4n) is 1.90. The molecule has 1 aromatic heterocycles. The van der Waals surface area contributed by atoms with Crippen LogP contribution in [0.15, 0.2) is 30.3 Å². The number of hydrogen-bond donors (Lipinski definition) is 1. The highest BCUT2D eigenvalue weighted by Crippen LogP contribution is 2.25. The number of carbonyl (C=O) groups excluding carboxylic acids is 1. The summed E-state index contributed by atoms with van der Waals surface area (Å²) in [5.41, 5.74) is 7.72. The molecule has 20 heavy (non-hydrogen) atoms. The van der Waals surface area contributed by atoms with Gasteiger partial charge in [0.15, 0.2) is 0 Å². The van der Waals surface area contributed by atoms with Gasteiger partial charge in [-0.2, -0.15) is 4.68 Å². The molecule has 0 amide bonds. The van der Waals surface area contributed by atoms with Gasteiger partial charge in [0.25, 0.3) is 0 Å². The molecular weight excluding hydrogens is 254 g/mol. The maximum Gasteiger partial charge on any atom is 0.435 e. The molecule has 5 nitrogen and oxygen atoms in total. The number of aromatic nitrogens is 2. The number of nitrogen functional groups attached to an aromatic ring is 1. The van der Waals surface area contributed by atoms with Gasteiger partial charge in [-0.05, 0) is 33.3 Å². The second-order valence-corrected chi connectivity index (χ2v) is 5.66. The van der Waals surface area contributed by atoms with Crippen molar-refractivity contribution in [2.24, 2.45) is 0 Å². The first-order valence-corrected chi connectivity index (χ1v) is 6.43. The monoisotopic (exact) mass is 273 g/mol. The molecule has 0 bridgehead atoms. The Bertz CT molecular complexity index is 639. The number of hydrogen-bond acceptors (Lipinski definition) is 4. The van der Waals surface area contributed by atoms with Crippen LogP contribution in [0.25, 0.3) is 11.3 Å². The molecule has 2 rings (SSSR count). The van der Waals surface area contributed by atoms with Crippen LogP contribution in [-0.2, 0) is 4.74 Å². The van der Waals surface area contributed by atoms with Gasteiger partial charge in [-0.15, -0.1) is 5.10 Å². The number of ether oxygens (including phenoxy) is 1. The maximum absolute atomic E-state index is 12.2. The molecule has 2 N–H and O–H groups in total. The van der Waals surface area contributed by atoms with Gasteiger partial charge in [-0.25, -0.2) is 4.79 Å². The molecular formula is C15H19N3O2. The van der Waals surface area contributed by atoms with E-state index in [9.17, 15) is 4.79 Å². The molecule has 0 fully saturated rings. The minimum Gasteiger partial charge on any atom is -0.442 e. The van der Waals surface area contributed by atoms with Gasteiger partial charge in [-0.1, -0.05) is 24.3 Å². The first kappa shape index (κ1) is 14.1. The molecule has 0 aliphatic carbocycles. The lowest BCUT2D eigenvalue weighted by molar-refractivity contribution is 0.0518. The molecule has 1 aromatic carbocycles. The average Bonchev–Trinajstić information content (AvgIpc) is 2.69. The summed E-state index contributed by atoms with van der Waals surface area (Å²) < 4.78 is 6.56. The molecule has 0 aliphatic rings. The summed E-state index contributed by atoms with van der Waals surface area (Å²) in [6.45, 7) is 7.40. The van der Waals surface area contributed by atoms with Crippen molar-refractivity contribution in [3.8, 4) is 11.3 Å². The Labute approximate surface area is 118 Å². The minimum absolute atomic E-state index is 0.286. The molecule has 5 heteroatoms. The van der Waals surface area contributed by atoms with Crippen LogP contribution in [0.3, 0.4) is 0 Å². The predicted octanol–water partition coefficient (Wildman–Crippen LogP) is 3.22. The van der Waals surface area contributed by atoms with Crippen molar-refractivity contribution in [1.29, 1.82) is 0 Å². The van der Waals surface area contributed by atoms with E-state index in [1.54, 1.807) is 6.07 Å². The van der Waals surface area contributed by atoms with Crippen LogP contribution in [0.1, 0.15) is 26.3 Å². The number of benzene rings is 1. The number of rotatable bonds is 1. The quantitative estimate of drug-likeness (QED) is 0.866. The number of nitrogens with zero attached hydrogens (tertiary/aromatic N) is 2. The predicted molar refractivity (Wildman–Crippen MR) is 78.4 cm³/mol. The molecule has 0 spiro atoms. The van der Waals surface area contributed by atoms with Crippen LogP contribution >= 0.6 is 0 Å². The summed E-state index contributed by atoms with van der Waals surface area (Å²) >= 11 is 0. The standard InChI is InChI=1S/C15H19N3O2/c1-10-7-5-6-8-11(10)12-9-13(16)17-18(12)14(19)20-15(2,3)4/h5-9H,1-4H3,(H2,16,17). The van der Waals surface area contributed by atoms with Crippen LogP contribution in [0.5, 0.6) is 0 Å². The maximum atomic E-state index is 12.2. The second-order valence-electron chi connectivity index (χ2n) is 5.66. The first-order valence-electron chi connectivity index (χ1n) is 6.43. The molecule has 0 saturated carbocycles. The van der Waals surface area contributed by atoms with Gasteiger partial charge in [0, 0.05) is 11.6 Å². The van der Waals surface area contributed by atoms with E-state index in [0.29, 0.717) is 5.69 Å². The Hall–Kier alpha value is -2.30. The van der Waals surface area contributed by atoms with E-state index in [1.165, 1.54) is 4.68 Å². The third kappa shape index (κ3) is 2.99. The first-order chi connectivity index (χ1) is 9.28. The van der Waals surface area contributed by atoms with Crippen molar-refractivity contribution < 1.29 is 9.53 Å². The van der Waals surface area contributed by atoms with Crippen molar-refractivity contribution in [3.63, 3.8) is 0 Å². The van der Waals surface area contributed by atoms with Crippen LogP contribution in [0.4, 0.5) is 10.6 Å². The summed E-state index contributed by atoms with van der Waals surface area (Å²) in [5, 5.41) is 4.03. The van der Waals surface area contributed by atoms with E-state index in [0.717, 1.165) is 11.1 Å². The smallest absolute Gasteiger partial charge is 0.435 e. The molecule has 0 saturated heterocycles. The van der Waals surface area contributed by atoms with Crippen molar-refractivity contribution in [3.05, 3.63) is 35.9 Å². The summed E-state index contributed by atoms with van der Waals surface area (Å²) in [7, 11) is 0. The molecule has 0 radical (unpaired) electrons. The van der Waals surface area contributed by atoms with E-state index in [4.69, 9.17) is 10.5 Å². The van der Waals surface area contributed by atoms with Gasteiger partial charge >= 0.3 is 6.09 Å². The highest BCUT2D eigenvalue weighted by atomic mass is 16.6. The van der Waals surface area contributed by atoms with Crippen molar-refractivity contribution in [2.75, 3.05) is 5.73 Å². The fourth-order valence-corrected chi connectivity index (χ4v) is 1.90. The summed E-state index contributed by atoms with van der Waals surface area (Å²) in [6.07, 6.45) is -0.535. The third-order valence-corrected chi connectivity index (χ3v) is 2.72. The summed E-state index contributed by atoms with van der Waals surface area (Å²) in [4.78, 5) is 12.2. The zero-order valence-electron chi connectivity index (χ0n) is 12.2. The van der Waals surface area contributed by atoms with Gasteiger partial charge in [0.05, 0.1) is 5.69 Å². The topological polar surface area (TPSA) is 70.1 Å². The lowest BCUT2D eigenvalue weighted by Crippen LogP contribution is -2.28. The zero-order chi connectivity index (χ0) is 14.9. The molecule has 0 atom stereocenters. The Kier molecular flexibility index (Phi) is 3.53. The Morgan fingerprint density at radius 2 is 1.95 bits per heavy atom. The fraction of sp³-hybridized carbons (Fsp3) is 0.333. The van der Waals surface area contributed by atoms with E-state index in [1.807, 2.05) is 52.0 Å². The highest BCUT2D eigenvalue weighted by Gasteiger charge is 2.22. The lowest BCUT2D eigenvalue weighted by Gasteiger charge is -2.19. The molecule has 1 heterocycles. The number of carbonyl (C=O) groups is 1. The Morgan fingerprint density at radius 3 is 2.55 bits per heavy atom. The Balaban J connectivity index is 2.46. The van der Waals surface area contributed by atoms with E-state index in [2.05, 4.69) is 5.10 Å². The van der Waals surface area contributed by atoms with E-state index >= 15 is 0 Å². The summed E-state index contributed by atoms with van der Waals surface area (Å²) in [6, 6.07) is 9.41. The summed E-state index contributed by atoms with van der Waals surface area (Å²) in [5.74, 6) is 0.286. The van der Waals surface area contributed by atoms with Crippen molar-refractivity contribution in [1.82, 2.24) is 9.78 Å². The average molecular weight is 273 g/mol. The minimum atomic E-state index is -0.583. The second kappa shape index (κ2) is 5.00. The zero-order valence-corrected chi connectivity index (χ0v) is 12.2. The number of aryl methyl sites for hydroxylation is 1. The van der Waals surface area contributed by atoms with Crippen LogP contribution in [-0.4, -0.2) is 21.5 Å². The van der Waals surface area contributed by atoms with Gasteiger partial charge in [0.2, 0.25) is 0 Å². The Morgan fingerprint density at radius 1 is 1.30 bits per heavy atom. The molecule has 0 aliphatic heterocycles. The normalized spacial score (nSPS) is 11.4. The van der Waals surface area contributed by atoms with E-state index in [-0.39, 0.29) is 5.82 Å². The van der Waals surface area contributed by atoms with Crippen LogP contribution in [0, 0.1) is 6.92 Å². The van der Waals surface area contributed by atoms with E-state index < -0.39 is 11.7 Å². The third-order valence-electron chi connectivity index (χ3n) is 2.72. The van der Waals surface area contributed by atoms with Gasteiger partial charge in [0.1, 0.15) is 11.4 Å². The highest BCUT2D eigenvalue weighted by molar-refractivity contribution is 5.79. The van der Waals surface area contributed by atoms with Gasteiger partial charge in [-0.3, -0.25) is 0 Å². The number of nitrogens with two attached hydrogens (primary N) is 1. The molecule has 2 aromatic rings. The molecule has 0 unspecified atom stereocenters. The molecule has 106 valence electrons. The van der Waals surface area contributed by atoms with Gasteiger partial charge < -0.3 is 10.5 Å². The SMILES string of the molecule is Cc1ccccc1-c1cc(N)nn1C(=O)OC(C)(C)C. The van der Waals surface area contributed by atoms with Crippen LogP contribution < -0.4 is 5.73 Å². The van der Waals surface area contributed by atoms with Crippen LogP contribution in [0.2, 0.25) is 0 Å². The number of anilines is 1.